The maximum atomic E-state index is 12.3. The number of halogens is 1. The van der Waals surface area contributed by atoms with Gasteiger partial charge in [-0.15, -0.1) is 12.6 Å². The average Bonchev–Trinajstić information content (AvgIpc) is 2.58. The van der Waals surface area contributed by atoms with E-state index in [0.29, 0.717) is 5.56 Å². The van der Waals surface area contributed by atoms with Crippen molar-refractivity contribution in [3.8, 4) is 0 Å². The predicted molar refractivity (Wildman–Crippen MR) is 75.7 cm³/mol. The average molecular weight is 314 g/mol. The van der Waals surface area contributed by atoms with Crippen molar-refractivity contribution in [1.82, 2.24) is 4.90 Å². The zero-order valence-electron chi connectivity index (χ0n) is 10.0. The van der Waals surface area contributed by atoms with Gasteiger partial charge < -0.3 is 4.90 Å². The summed E-state index contributed by atoms with van der Waals surface area (Å²) in [5.74, 6) is 0.0908. The molecule has 2 nitrogen and oxygen atoms in total. The molecule has 2 rings (SSSR count). The van der Waals surface area contributed by atoms with Crippen LogP contribution in [0, 0.1) is 5.41 Å². The lowest BCUT2D eigenvalue weighted by molar-refractivity contribution is 0.0775. The highest BCUT2D eigenvalue weighted by Gasteiger charge is 2.32. The van der Waals surface area contributed by atoms with E-state index < -0.39 is 0 Å². The molecule has 0 bridgehead atoms. The number of nitrogens with zero attached hydrogens (tertiary/aromatic N) is 1. The van der Waals surface area contributed by atoms with Gasteiger partial charge in [0.2, 0.25) is 0 Å². The third-order valence-corrected chi connectivity index (χ3v) is 4.02. The van der Waals surface area contributed by atoms with Crippen LogP contribution in [0.4, 0.5) is 0 Å². The molecule has 0 saturated carbocycles. The fourth-order valence-electron chi connectivity index (χ4n) is 2.14. The Balaban J connectivity index is 2.21. The molecule has 4 heteroatoms. The molecular weight excluding hydrogens is 298 g/mol. The number of benzene rings is 1. The summed E-state index contributed by atoms with van der Waals surface area (Å²) in [6, 6.07) is 5.58. The van der Waals surface area contributed by atoms with Gasteiger partial charge in [0.25, 0.3) is 5.91 Å². The monoisotopic (exact) mass is 313 g/mol. The molecule has 0 aromatic heterocycles. The third-order valence-electron chi connectivity index (χ3n) is 3.15. The molecule has 1 amide bonds. The van der Waals surface area contributed by atoms with Crippen LogP contribution in [0.25, 0.3) is 0 Å². The van der Waals surface area contributed by atoms with E-state index in [4.69, 9.17) is 0 Å². The van der Waals surface area contributed by atoms with Crippen LogP contribution in [0.5, 0.6) is 0 Å². The van der Waals surface area contributed by atoms with Crippen LogP contribution in [-0.2, 0) is 0 Å². The molecule has 0 N–H and O–H groups in total. The topological polar surface area (TPSA) is 20.3 Å². The summed E-state index contributed by atoms with van der Waals surface area (Å²) in [5.41, 5.74) is 0.927. The highest BCUT2D eigenvalue weighted by molar-refractivity contribution is 9.10. The number of hydrogen-bond donors (Lipinski definition) is 1. The van der Waals surface area contributed by atoms with E-state index in [2.05, 4.69) is 42.4 Å². The van der Waals surface area contributed by atoms with E-state index in [1.54, 1.807) is 0 Å². The SMILES string of the molecule is CC1(C)CCN(C(=O)c2ccc(Br)cc2S)C1. The Labute approximate surface area is 116 Å². The summed E-state index contributed by atoms with van der Waals surface area (Å²) in [4.78, 5) is 15.0. The summed E-state index contributed by atoms with van der Waals surface area (Å²) < 4.78 is 0.945. The summed E-state index contributed by atoms with van der Waals surface area (Å²) in [7, 11) is 0. The van der Waals surface area contributed by atoms with Crippen LogP contribution >= 0.6 is 28.6 Å². The number of carbonyl (C=O) groups excluding carboxylic acids is 1. The van der Waals surface area contributed by atoms with Gasteiger partial charge >= 0.3 is 0 Å². The molecule has 0 radical (unpaired) electrons. The second kappa shape index (κ2) is 4.65. The Morgan fingerprint density at radius 2 is 2.18 bits per heavy atom. The first-order valence-electron chi connectivity index (χ1n) is 5.67. The molecule has 1 aliphatic heterocycles. The van der Waals surface area contributed by atoms with Gasteiger partial charge in [-0.1, -0.05) is 29.8 Å². The molecule has 1 aromatic rings. The lowest BCUT2D eigenvalue weighted by Crippen LogP contribution is -2.30. The van der Waals surface area contributed by atoms with E-state index in [1.807, 2.05) is 23.1 Å². The van der Waals surface area contributed by atoms with Gasteiger partial charge in [-0.25, -0.2) is 0 Å². The third kappa shape index (κ3) is 2.86. The summed E-state index contributed by atoms with van der Waals surface area (Å²) in [6.07, 6.45) is 1.07. The standard InChI is InChI=1S/C13H16BrNOS/c1-13(2)5-6-15(8-13)12(16)10-4-3-9(14)7-11(10)17/h3-4,7,17H,5-6,8H2,1-2H3. The maximum absolute atomic E-state index is 12.3. The summed E-state index contributed by atoms with van der Waals surface area (Å²) >= 11 is 7.74. The Bertz CT molecular complexity index is 459. The van der Waals surface area contributed by atoms with Crippen molar-refractivity contribution in [3.63, 3.8) is 0 Å². The second-order valence-electron chi connectivity index (χ2n) is 5.30. The molecule has 1 fully saturated rings. The number of likely N-dealkylation sites (tertiary alicyclic amines) is 1. The fourth-order valence-corrected chi connectivity index (χ4v) is 2.99. The molecule has 0 spiro atoms. The number of rotatable bonds is 1. The van der Waals surface area contributed by atoms with Gasteiger partial charge in [0, 0.05) is 22.5 Å². The fraction of sp³-hybridized carbons (Fsp3) is 0.462. The highest BCUT2D eigenvalue weighted by Crippen LogP contribution is 2.31. The van der Waals surface area contributed by atoms with E-state index in [-0.39, 0.29) is 11.3 Å². The van der Waals surface area contributed by atoms with Crippen molar-refractivity contribution in [1.29, 1.82) is 0 Å². The Hall–Kier alpha value is -0.480. The quantitative estimate of drug-likeness (QED) is 0.785. The van der Waals surface area contributed by atoms with Crippen molar-refractivity contribution < 1.29 is 4.79 Å². The van der Waals surface area contributed by atoms with E-state index in [0.717, 1.165) is 28.9 Å². The second-order valence-corrected chi connectivity index (χ2v) is 6.70. The normalized spacial score (nSPS) is 18.5. The molecule has 1 aliphatic rings. The number of carbonyl (C=O) groups is 1. The molecule has 1 heterocycles. The van der Waals surface area contributed by atoms with Crippen LogP contribution in [-0.4, -0.2) is 23.9 Å². The summed E-state index contributed by atoms with van der Waals surface area (Å²) in [6.45, 7) is 6.07. The number of hydrogen-bond acceptors (Lipinski definition) is 2. The minimum Gasteiger partial charge on any atom is -0.338 e. The smallest absolute Gasteiger partial charge is 0.254 e. The van der Waals surface area contributed by atoms with Gasteiger partial charge in [-0.2, -0.15) is 0 Å². The molecule has 0 unspecified atom stereocenters. The Morgan fingerprint density at radius 1 is 1.47 bits per heavy atom. The first-order valence-corrected chi connectivity index (χ1v) is 6.91. The minimum absolute atomic E-state index is 0.0908. The van der Waals surface area contributed by atoms with E-state index >= 15 is 0 Å². The van der Waals surface area contributed by atoms with Crippen LogP contribution < -0.4 is 0 Å². The first-order chi connectivity index (χ1) is 7.89. The summed E-state index contributed by atoms with van der Waals surface area (Å²) in [5, 5.41) is 0. The van der Waals surface area contributed by atoms with E-state index in [1.165, 1.54) is 0 Å². The van der Waals surface area contributed by atoms with Crippen LogP contribution in [0.2, 0.25) is 0 Å². The lowest BCUT2D eigenvalue weighted by atomic mass is 9.93. The van der Waals surface area contributed by atoms with Crippen LogP contribution in [0.15, 0.2) is 27.6 Å². The van der Waals surface area contributed by atoms with E-state index in [9.17, 15) is 4.79 Å². The molecule has 1 saturated heterocycles. The zero-order chi connectivity index (χ0) is 12.6. The lowest BCUT2D eigenvalue weighted by Gasteiger charge is -2.20. The van der Waals surface area contributed by atoms with Gasteiger partial charge in [0.05, 0.1) is 5.56 Å². The zero-order valence-corrected chi connectivity index (χ0v) is 12.5. The van der Waals surface area contributed by atoms with Crippen molar-refractivity contribution in [2.24, 2.45) is 5.41 Å². The largest absolute Gasteiger partial charge is 0.338 e. The molecular formula is C13H16BrNOS. The van der Waals surface area contributed by atoms with Crippen molar-refractivity contribution in [2.45, 2.75) is 25.2 Å². The Morgan fingerprint density at radius 3 is 2.71 bits per heavy atom. The van der Waals surface area contributed by atoms with Gasteiger partial charge in [-0.3, -0.25) is 4.79 Å². The predicted octanol–water partition coefficient (Wildman–Crippen LogP) is 3.61. The molecule has 92 valence electrons. The van der Waals surface area contributed by atoms with Crippen molar-refractivity contribution >= 4 is 34.5 Å². The molecule has 0 aliphatic carbocycles. The van der Waals surface area contributed by atoms with Gasteiger partial charge in [0.1, 0.15) is 0 Å². The molecule has 1 aromatic carbocycles. The van der Waals surface area contributed by atoms with Gasteiger partial charge in [-0.05, 0) is 30.0 Å². The maximum Gasteiger partial charge on any atom is 0.254 e. The Kier molecular flexibility index (Phi) is 3.55. The van der Waals surface area contributed by atoms with Gasteiger partial charge in [0.15, 0.2) is 0 Å². The highest BCUT2D eigenvalue weighted by atomic mass is 79.9. The van der Waals surface area contributed by atoms with Crippen LogP contribution in [0.3, 0.4) is 0 Å². The number of thiol groups is 1. The van der Waals surface area contributed by atoms with Crippen LogP contribution in [0.1, 0.15) is 30.6 Å². The molecule has 0 atom stereocenters. The number of amides is 1. The molecule has 17 heavy (non-hydrogen) atoms. The van der Waals surface area contributed by atoms with Crippen molar-refractivity contribution in [2.75, 3.05) is 13.1 Å². The minimum atomic E-state index is 0.0908. The first kappa shape index (κ1) is 13.0. The van der Waals surface area contributed by atoms with Crippen molar-refractivity contribution in [3.05, 3.63) is 28.2 Å².